The molecule has 5 heteroatoms. The summed E-state index contributed by atoms with van der Waals surface area (Å²) in [4.78, 5) is 19.5. The zero-order valence-corrected chi connectivity index (χ0v) is 8.13. The molecule has 0 aromatic heterocycles. The molecular weight excluding hydrogens is 180 g/mol. The van der Waals surface area contributed by atoms with Crippen LogP contribution in [0.4, 0.5) is 0 Å². The van der Waals surface area contributed by atoms with Crippen LogP contribution in [0.15, 0.2) is 0 Å². The van der Waals surface area contributed by atoms with E-state index in [0.717, 1.165) is 0 Å². The minimum Gasteiger partial charge on any atom is -0.481 e. The van der Waals surface area contributed by atoms with E-state index in [0.29, 0.717) is 12.2 Å². The van der Waals surface area contributed by atoms with E-state index in [1.165, 1.54) is 7.11 Å². The molecule has 0 unspecified atom stereocenters. The third-order valence-corrected chi connectivity index (χ3v) is 1.07. The van der Waals surface area contributed by atoms with E-state index in [1.54, 1.807) is 6.92 Å². The number of esters is 1. The summed E-state index contributed by atoms with van der Waals surface area (Å²) in [5, 5.41) is 7.72. The van der Waals surface area contributed by atoms with Crippen LogP contribution < -0.4 is 0 Å². The Morgan fingerprint density at radius 2 is 1.92 bits per heavy atom. The third-order valence-electron chi connectivity index (χ3n) is 0.846. The Hall–Kier alpha value is -0.710. The number of thiol groups is 1. The van der Waals surface area contributed by atoms with E-state index in [9.17, 15) is 9.59 Å². The maximum atomic E-state index is 10.1. The first-order chi connectivity index (χ1) is 5.58. The van der Waals surface area contributed by atoms with Gasteiger partial charge in [-0.1, -0.05) is 6.92 Å². The Bertz CT molecular complexity index is 135. The maximum absolute atomic E-state index is 10.1. The molecule has 0 bridgehead atoms. The SMILES string of the molecule is CCC(=O)O.COC(=O)CCS. The van der Waals surface area contributed by atoms with Gasteiger partial charge in [-0.3, -0.25) is 9.59 Å². The minimum atomic E-state index is -0.745. The summed E-state index contributed by atoms with van der Waals surface area (Å²) >= 11 is 3.81. The highest BCUT2D eigenvalue weighted by atomic mass is 32.1. The highest BCUT2D eigenvalue weighted by Gasteiger charge is 1.93. The lowest BCUT2D eigenvalue weighted by molar-refractivity contribution is -0.140. The van der Waals surface area contributed by atoms with Gasteiger partial charge in [0.2, 0.25) is 0 Å². The van der Waals surface area contributed by atoms with Crippen molar-refractivity contribution in [2.75, 3.05) is 12.9 Å². The number of hydrogen-bond donors (Lipinski definition) is 2. The van der Waals surface area contributed by atoms with E-state index >= 15 is 0 Å². The van der Waals surface area contributed by atoms with Gasteiger partial charge in [0.05, 0.1) is 13.5 Å². The minimum absolute atomic E-state index is 0.199. The molecule has 1 N–H and O–H groups in total. The lowest BCUT2D eigenvalue weighted by atomic mass is 10.5. The second-order valence-electron chi connectivity index (χ2n) is 1.80. The molecule has 0 aromatic rings. The van der Waals surface area contributed by atoms with Crippen molar-refractivity contribution < 1.29 is 19.4 Å². The molecule has 0 rings (SSSR count). The van der Waals surface area contributed by atoms with Gasteiger partial charge in [0.15, 0.2) is 0 Å². The molecule has 0 saturated heterocycles. The van der Waals surface area contributed by atoms with Crippen LogP contribution in [0.5, 0.6) is 0 Å². The number of carboxylic acid groups (broad SMARTS) is 1. The van der Waals surface area contributed by atoms with Crippen LogP contribution in [-0.4, -0.2) is 29.9 Å². The largest absolute Gasteiger partial charge is 0.481 e. The summed E-state index contributed by atoms with van der Waals surface area (Å²) in [6.45, 7) is 1.60. The molecular formula is C7H14O4S. The fourth-order valence-corrected chi connectivity index (χ4v) is 0.376. The van der Waals surface area contributed by atoms with Crippen molar-refractivity contribution in [1.82, 2.24) is 0 Å². The summed E-state index contributed by atoms with van der Waals surface area (Å²) in [6.07, 6.45) is 0.625. The van der Waals surface area contributed by atoms with Crippen molar-refractivity contribution in [3.63, 3.8) is 0 Å². The number of carbonyl (C=O) groups is 2. The van der Waals surface area contributed by atoms with E-state index in [-0.39, 0.29) is 12.4 Å². The van der Waals surface area contributed by atoms with Crippen LogP contribution in [0, 0.1) is 0 Å². The average Bonchev–Trinajstić information content (AvgIpc) is 2.06. The smallest absolute Gasteiger partial charge is 0.306 e. The van der Waals surface area contributed by atoms with Crippen LogP contribution in [-0.2, 0) is 14.3 Å². The van der Waals surface area contributed by atoms with Gasteiger partial charge in [0, 0.05) is 12.2 Å². The number of carbonyl (C=O) groups excluding carboxylic acids is 1. The number of aliphatic carboxylic acids is 1. The number of carboxylic acids is 1. The van der Waals surface area contributed by atoms with Crippen LogP contribution >= 0.6 is 12.6 Å². The van der Waals surface area contributed by atoms with Gasteiger partial charge in [-0.15, -0.1) is 0 Å². The summed E-state index contributed by atoms with van der Waals surface area (Å²) in [5.74, 6) is -0.382. The Morgan fingerprint density at radius 3 is 2.00 bits per heavy atom. The summed E-state index contributed by atoms with van der Waals surface area (Å²) in [7, 11) is 1.37. The van der Waals surface area contributed by atoms with Gasteiger partial charge in [-0.05, 0) is 0 Å². The zero-order chi connectivity index (χ0) is 9.98. The number of methoxy groups -OCH3 is 1. The fourth-order valence-electron chi connectivity index (χ4n) is 0.193. The molecule has 0 saturated carbocycles. The maximum Gasteiger partial charge on any atom is 0.306 e. The first-order valence-electron chi connectivity index (χ1n) is 3.47. The van der Waals surface area contributed by atoms with Gasteiger partial charge >= 0.3 is 11.9 Å². The van der Waals surface area contributed by atoms with Gasteiger partial charge in [0.25, 0.3) is 0 Å². The molecule has 0 aliphatic carbocycles. The predicted molar refractivity (Wildman–Crippen MR) is 48.4 cm³/mol. The fraction of sp³-hybridized carbons (Fsp3) is 0.714. The zero-order valence-electron chi connectivity index (χ0n) is 7.24. The third kappa shape index (κ3) is 16.1. The molecule has 72 valence electrons. The molecule has 0 aliphatic heterocycles. The molecule has 0 fully saturated rings. The molecule has 0 radical (unpaired) electrons. The average molecular weight is 194 g/mol. The molecule has 0 aliphatic rings. The predicted octanol–water partition coefficient (Wildman–Crippen LogP) is 0.960. The van der Waals surface area contributed by atoms with E-state index in [1.807, 2.05) is 0 Å². The quantitative estimate of drug-likeness (QED) is 0.519. The second-order valence-corrected chi connectivity index (χ2v) is 2.24. The number of rotatable bonds is 3. The molecule has 0 aromatic carbocycles. The molecule has 0 spiro atoms. The van der Waals surface area contributed by atoms with Crippen molar-refractivity contribution >= 4 is 24.6 Å². The first kappa shape index (κ1) is 13.9. The van der Waals surface area contributed by atoms with Gasteiger partial charge in [-0.25, -0.2) is 0 Å². The van der Waals surface area contributed by atoms with Crippen molar-refractivity contribution in [2.45, 2.75) is 19.8 Å². The Morgan fingerprint density at radius 1 is 1.50 bits per heavy atom. The van der Waals surface area contributed by atoms with Crippen molar-refractivity contribution in [3.05, 3.63) is 0 Å². The molecule has 0 atom stereocenters. The van der Waals surface area contributed by atoms with Gasteiger partial charge in [-0.2, -0.15) is 12.6 Å². The van der Waals surface area contributed by atoms with Gasteiger partial charge in [0.1, 0.15) is 0 Å². The molecule has 0 heterocycles. The van der Waals surface area contributed by atoms with Crippen LogP contribution in [0.25, 0.3) is 0 Å². The Labute approximate surface area is 77.3 Å². The normalized spacial score (nSPS) is 7.92. The highest BCUT2D eigenvalue weighted by Crippen LogP contribution is 1.84. The lowest BCUT2D eigenvalue weighted by Crippen LogP contribution is -1.99. The summed E-state index contributed by atoms with van der Waals surface area (Å²) in [6, 6.07) is 0. The highest BCUT2D eigenvalue weighted by molar-refractivity contribution is 7.80. The monoisotopic (exact) mass is 194 g/mol. The van der Waals surface area contributed by atoms with Crippen molar-refractivity contribution in [3.8, 4) is 0 Å². The Balaban J connectivity index is 0. The van der Waals surface area contributed by atoms with Crippen LogP contribution in [0.2, 0.25) is 0 Å². The second kappa shape index (κ2) is 10.3. The topological polar surface area (TPSA) is 63.6 Å². The molecule has 4 nitrogen and oxygen atoms in total. The van der Waals surface area contributed by atoms with Gasteiger partial charge < -0.3 is 9.84 Å². The Kier molecular flexibility index (Phi) is 11.9. The lowest BCUT2D eigenvalue weighted by Gasteiger charge is -1.90. The standard InChI is InChI=1S/C4H8O2S.C3H6O2/c1-6-4(5)2-3-7;1-2-3(4)5/h7H,2-3H2,1H3;2H2,1H3,(H,4,5). The van der Waals surface area contributed by atoms with Crippen LogP contribution in [0.1, 0.15) is 19.8 Å². The molecule has 0 amide bonds. The van der Waals surface area contributed by atoms with E-state index in [4.69, 9.17) is 5.11 Å². The van der Waals surface area contributed by atoms with Crippen LogP contribution in [0.3, 0.4) is 0 Å². The van der Waals surface area contributed by atoms with E-state index < -0.39 is 5.97 Å². The molecule has 12 heavy (non-hydrogen) atoms. The van der Waals surface area contributed by atoms with Crippen molar-refractivity contribution in [2.24, 2.45) is 0 Å². The first-order valence-corrected chi connectivity index (χ1v) is 4.11. The summed E-state index contributed by atoms with van der Waals surface area (Å²) < 4.78 is 4.30. The summed E-state index contributed by atoms with van der Waals surface area (Å²) in [5.41, 5.74) is 0. The van der Waals surface area contributed by atoms with Crippen molar-refractivity contribution in [1.29, 1.82) is 0 Å². The number of ether oxygens (including phenoxy) is 1. The number of hydrogen-bond acceptors (Lipinski definition) is 4. The van der Waals surface area contributed by atoms with E-state index in [2.05, 4.69) is 17.4 Å².